The molecule has 98 valence electrons. The summed E-state index contributed by atoms with van der Waals surface area (Å²) >= 11 is 0. The largest absolute Gasteiger partial charge is 0.396 e. The van der Waals surface area contributed by atoms with Crippen LogP contribution in [-0.4, -0.2) is 28.8 Å². The molecule has 0 heterocycles. The summed E-state index contributed by atoms with van der Waals surface area (Å²) in [7, 11) is -0.651. The van der Waals surface area contributed by atoms with Crippen LogP contribution in [0, 0.1) is 0 Å². The Morgan fingerprint density at radius 3 is 2.06 bits per heavy atom. The predicted molar refractivity (Wildman–Crippen MR) is 69.3 cm³/mol. The van der Waals surface area contributed by atoms with E-state index < -0.39 is 9.84 Å². The fourth-order valence-electron chi connectivity index (χ4n) is 1.37. The van der Waals surface area contributed by atoms with Crippen LogP contribution in [0.2, 0.25) is 0 Å². The second kappa shape index (κ2) is 5.08. The Balaban J connectivity index is 3.77. The van der Waals surface area contributed by atoms with Gasteiger partial charge in [0.15, 0.2) is 9.84 Å². The number of hydrogen-bond donors (Lipinski definition) is 2. The summed E-state index contributed by atoms with van der Waals surface area (Å²) in [6.07, 6.45) is 1.04. The van der Waals surface area contributed by atoms with Gasteiger partial charge < -0.3 is 11.5 Å². The molecule has 0 aliphatic heterocycles. The van der Waals surface area contributed by atoms with Gasteiger partial charge in [-0.1, -0.05) is 0 Å². The van der Waals surface area contributed by atoms with Gasteiger partial charge in [0, 0.05) is 20.4 Å². The fourth-order valence-corrected chi connectivity index (χ4v) is 2.19. The number of rotatable bonds is 3. The Hall–Kier alpha value is -2.03. The molecule has 0 saturated carbocycles. The quantitative estimate of drug-likeness (QED) is 0.637. The summed E-state index contributed by atoms with van der Waals surface area (Å²) in [6.45, 7) is 0. The van der Waals surface area contributed by atoms with Crippen molar-refractivity contribution in [3.8, 4) is 0 Å². The minimum Gasteiger partial charge on any atom is -0.396 e. The van der Waals surface area contributed by atoms with E-state index >= 15 is 0 Å². The third-order valence-corrected chi connectivity index (χ3v) is 3.26. The molecule has 4 N–H and O–H groups in total. The van der Waals surface area contributed by atoms with Crippen LogP contribution in [0.25, 0.3) is 0 Å². The van der Waals surface area contributed by atoms with Gasteiger partial charge in [0.05, 0.1) is 16.3 Å². The fraction of sp³-hybridized carbons (Fsp3) is 0.333. The second-order valence-corrected chi connectivity index (χ2v) is 5.43. The Kier molecular flexibility index (Phi) is 3.96. The third-order valence-electron chi connectivity index (χ3n) is 2.13. The van der Waals surface area contributed by atoms with Gasteiger partial charge in [0.25, 0.3) is 0 Å². The lowest BCUT2D eigenvalue weighted by Crippen LogP contribution is -2.04. The highest BCUT2D eigenvalue weighted by Crippen LogP contribution is 2.41. The average Bonchev–Trinajstić information content (AvgIpc) is 2.26. The van der Waals surface area contributed by atoms with Gasteiger partial charge in [-0.25, -0.2) is 8.42 Å². The molecule has 0 amide bonds. The first-order valence-corrected chi connectivity index (χ1v) is 6.73. The molecule has 1 aromatic rings. The molecule has 0 aliphatic rings. The number of nitrogens with two attached hydrogens (primary N) is 2. The number of anilines is 2. The molecule has 1 rings (SSSR count). The van der Waals surface area contributed by atoms with Crippen molar-refractivity contribution >= 4 is 32.6 Å². The number of hydrogen-bond acceptors (Lipinski definition) is 8. The molecule has 0 aliphatic carbocycles. The van der Waals surface area contributed by atoms with E-state index in [-0.39, 0.29) is 27.6 Å². The number of sulfone groups is 1. The molecular weight excluding hydrogens is 256 g/mol. The molecule has 1 aromatic carbocycles. The van der Waals surface area contributed by atoms with E-state index in [0.717, 1.165) is 6.26 Å². The van der Waals surface area contributed by atoms with Gasteiger partial charge in [-0.3, -0.25) is 0 Å². The molecule has 18 heavy (non-hydrogen) atoms. The van der Waals surface area contributed by atoms with Crippen LogP contribution in [0.5, 0.6) is 0 Å². The Labute approximate surface area is 105 Å². The standard InChI is InChI=1S/C9H14N6O2S/c1-12-14-5-4-6(18(3,16)17)8(11)9(7(5)10)15-13-2/h4H,10-11H2,1-3H3/b14-12+,15-13+. The van der Waals surface area contributed by atoms with Gasteiger partial charge in [-0.05, 0) is 6.07 Å². The van der Waals surface area contributed by atoms with Crippen LogP contribution < -0.4 is 11.5 Å². The van der Waals surface area contributed by atoms with Gasteiger partial charge in [-0.2, -0.15) is 20.5 Å². The Bertz CT molecular complexity index is 620. The molecule has 0 unspecified atom stereocenters. The zero-order valence-electron chi connectivity index (χ0n) is 10.2. The summed E-state index contributed by atoms with van der Waals surface area (Å²) in [6, 6.07) is 1.27. The van der Waals surface area contributed by atoms with Crippen molar-refractivity contribution in [2.24, 2.45) is 20.5 Å². The van der Waals surface area contributed by atoms with E-state index in [0.29, 0.717) is 0 Å². The lowest BCUT2D eigenvalue weighted by Gasteiger charge is -2.10. The van der Waals surface area contributed by atoms with E-state index in [2.05, 4.69) is 20.5 Å². The van der Waals surface area contributed by atoms with E-state index in [9.17, 15) is 8.42 Å². The maximum atomic E-state index is 11.6. The predicted octanol–water partition coefficient (Wildman–Crippen LogP) is 1.68. The smallest absolute Gasteiger partial charge is 0.177 e. The first-order chi connectivity index (χ1) is 8.32. The monoisotopic (exact) mass is 270 g/mol. The molecule has 0 atom stereocenters. The van der Waals surface area contributed by atoms with Crippen molar-refractivity contribution in [2.45, 2.75) is 4.90 Å². The summed E-state index contributed by atoms with van der Waals surface area (Å²) in [5.74, 6) is 0. The Morgan fingerprint density at radius 1 is 1.06 bits per heavy atom. The summed E-state index contributed by atoms with van der Waals surface area (Å²) < 4.78 is 23.2. The van der Waals surface area contributed by atoms with Crippen molar-refractivity contribution in [1.82, 2.24) is 0 Å². The third kappa shape index (κ3) is 2.62. The lowest BCUT2D eigenvalue weighted by molar-refractivity contribution is 0.602. The van der Waals surface area contributed by atoms with Crippen LogP contribution in [0.1, 0.15) is 0 Å². The summed E-state index contributed by atoms with van der Waals surface area (Å²) in [5.41, 5.74) is 11.9. The average molecular weight is 270 g/mol. The lowest BCUT2D eigenvalue weighted by atomic mass is 10.2. The van der Waals surface area contributed by atoms with Crippen molar-refractivity contribution in [1.29, 1.82) is 0 Å². The van der Waals surface area contributed by atoms with Crippen molar-refractivity contribution < 1.29 is 8.42 Å². The van der Waals surface area contributed by atoms with E-state index in [4.69, 9.17) is 11.5 Å². The molecule has 0 radical (unpaired) electrons. The number of nitrogen functional groups attached to an aromatic ring is 2. The molecule has 0 aromatic heterocycles. The van der Waals surface area contributed by atoms with Crippen molar-refractivity contribution in [3.63, 3.8) is 0 Å². The topological polar surface area (TPSA) is 136 Å². The van der Waals surface area contributed by atoms with Crippen molar-refractivity contribution in [3.05, 3.63) is 6.07 Å². The molecule has 0 saturated heterocycles. The maximum absolute atomic E-state index is 11.6. The first kappa shape index (κ1) is 14.0. The molecule has 9 heteroatoms. The summed E-state index contributed by atoms with van der Waals surface area (Å²) in [5, 5.41) is 14.6. The van der Waals surface area contributed by atoms with Crippen LogP contribution in [0.15, 0.2) is 31.4 Å². The molecule has 0 spiro atoms. The van der Waals surface area contributed by atoms with E-state index in [1.165, 1.54) is 20.2 Å². The zero-order valence-corrected chi connectivity index (χ0v) is 11.1. The van der Waals surface area contributed by atoms with Crippen LogP contribution in [0.4, 0.5) is 22.7 Å². The van der Waals surface area contributed by atoms with Gasteiger partial charge in [0.1, 0.15) is 11.4 Å². The molecule has 0 bridgehead atoms. The van der Waals surface area contributed by atoms with Crippen LogP contribution in [-0.2, 0) is 9.84 Å². The molecule has 8 nitrogen and oxygen atoms in total. The van der Waals surface area contributed by atoms with E-state index in [1.807, 2.05) is 0 Å². The second-order valence-electron chi connectivity index (χ2n) is 3.44. The number of benzene rings is 1. The first-order valence-electron chi connectivity index (χ1n) is 4.84. The SMILES string of the molecule is C/N=N/c1cc(S(C)(=O)=O)c(N)c(/N=N/C)c1N. The van der Waals surface area contributed by atoms with Gasteiger partial charge >= 0.3 is 0 Å². The highest BCUT2D eigenvalue weighted by molar-refractivity contribution is 7.90. The van der Waals surface area contributed by atoms with Gasteiger partial charge in [-0.15, -0.1) is 0 Å². The normalized spacial score (nSPS) is 12.6. The van der Waals surface area contributed by atoms with Crippen molar-refractivity contribution in [2.75, 3.05) is 31.8 Å². The maximum Gasteiger partial charge on any atom is 0.177 e. The minimum atomic E-state index is -3.52. The highest BCUT2D eigenvalue weighted by Gasteiger charge is 2.20. The molecule has 0 fully saturated rings. The highest BCUT2D eigenvalue weighted by atomic mass is 32.2. The minimum absolute atomic E-state index is 0.0457. The number of nitrogens with zero attached hydrogens (tertiary/aromatic N) is 4. The molecular formula is C9H14N6O2S. The van der Waals surface area contributed by atoms with Gasteiger partial charge in [0.2, 0.25) is 0 Å². The van der Waals surface area contributed by atoms with Crippen LogP contribution >= 0.6 is 0 Å². The van der Waals surface area contributed by atoms with E-state index in [1.54, 1.807) is 0 Å². The summed E-state index contributed by atoms with van der Waals surface area (Å²) in [4.78, 5) is -0.0958. The Morgan fingerprint density at radius 2 is 1.61 bits per heavy atom. The van der Waals surface area contributed by atoms with Crippen LogP contribution in [0.3, 0.4) is 0 Å². The number of azo groups is 2. The zero-order chi connectivity index (χ0) is 13.9.